The van der Waals surface area contributed by atoms with Crippen molar-refractivity contribution in [1.82, 2.24) is 0 Å². The van der Waals surface area contributed by atoms with Crippen LogP contribution in [0.4, 0.5) is 0 Å². The molecule has 0 amide bonds. The highest BCUT2D eigenvalue weighted by molar-refractivity contribution is 5.71. The van der Waals surface area contributed by atoms with Crippen molar-refractivity contribution >= 4 is 11.9 Å². The maximum atomic E-state index is 12.0. The van der Waals surface area contributed by atoms with Gasteiger partial charge in [0, 0.05) is 6.42 Å². The summed E-state index contributed by atoms with van der Waals surface area (Å²) in [4.78, 5) is 22.9. The fourth-order valence-corrected chi connectivity index (χ4v) is 2.70. The molecule has 0 aromatic heterocycles. The minimum atomic E-state index is -0.968. The Bertz CT molecular complexity index is 479. The van der Waals surface area contributed by atoms with Crippen LogP contribution in [0.3, 0.4) is 0 Å². The smallest absolute Gasteiger partial charge is 0.307 e. The SMILES string of the molecule is C/C=C/C/C=C/CCC(O)CCCCC(=O)OC(CC(=O)O)C[N+](C)(C)C. The predicted molar refractivity (Wildman–Crippen MR) is 107 cm³/mol. The number of likely N-dealkylation sites (N-methyl/N-ethyl adjacent to an activating group) is 1. The molecule has 2 N–H and O–H groups in total. The molecule has 0 saturated heterocycles. The lowest BCUT2D eigenvalue weighted by Crippen LogP contribution is -2.43. The number of aliphatic carboxylic acids is 1. The van der Waals surface area contributed by atoms with Gasteiger partial charge in [0.05, 0.1) is 33.7 Å². The molecule has 0 aliphatic carbocycles. The van der Waals surface area contributed by atoms with Gasteiger partial charge in [0.2, 0.25) is 0 Å². The van der Waals surface area contributed by atoms with E-state index in [1.807, 2.05) is 34.1 Å². The van der Waals surface area contributed by atoms with Gasteiger partial charge in [-0.1, -0.05) is 30.7 Å². The van der Waals surface area contributed by atoms with Gasteiger partial charge in [0.25, 0.3) is 0 Å². The van der Waals surface area contributed by atoms with Gasteiger partial charge >= 0.3 is 11.9 Å². The van der Waals surface area contributed by atoms with Gasteiger partial charge in [-0.3, -0.25) is 9.59 Å². The first-order valence-corrected chi connectivity index (χ1v) is 9.80. The van der Waals surface area contributed by atoms with Crippen molar-refractivity contribution in [2.75, 3.05) is 27.7 Å². The molecule has 0 fully saturated rings. The number of aliphatic hydroxyl groups is 1. The third-order valence-electron chi connectivity index (χ3n) is 3.96. The number of unbranched alkanes of at least 4 members (excludes halogenated alkanes) is 1. The topological polar surface area (TPSA) is 83.8 Å². The molecule has 0 aromatic rings. The van der Waals surface area contributed by atoms with Gasteiger partial charge in [0.1, 0.15) is 6.54 Å². The number of rotatable bonds is 15. The van der Waals surface area contributed by atoms with Gasteiger partial charge < -0.3 is 19.4 Å². The normalized spacial score (nSPS) is 14.6. The number of nitrogens with zero attached hydrogens (tertiary/aromatic N) is 1. The van der Waals surface area contributed by atoms with E-state index in [-0.39, 0.29) is 24.9 Å². The van der Waals surface area contributed by atoms with Crippen LogP contribution in [0.15, 0.2) is 24.3 Å². The molecular weight excluding hydrogens is 346 g/mol. The average Bonchev–Trinajstić information content (AvgIpc) is 2.52. The fourth-order valence-electron chi connectivity index (χ4n) is 2.70. The number of allylic oxidation sites excluding steroid dienone is 4. The van der Waals surface area contributed by atoms with Gasteiger partial charge in [-0.25, -0.2) is 0 Å². The second-order valence-electron chi connectivity index (χ2n) is 7.94. The molecule has 0 aromatic carbocycles. The van der Waals surface area contributed by atoms with Crippen LogP contribution in [-0.4, -0.2) is 66.5 Å². The largest absolute Gasteiger partial charge is 0.481 e. The van der Waals surface area contributed by atoms with E-state index in [1.54, 1.807) is 0 Å². The van der Waals surface area contributed by atoms with E-state index in [1.165, 1.54) is 0 Å². The van der Waals surface area contributed by atoms with Crippen LogP contribution in [0.2, 0.25) is 0 Å². The number of hydrogen-bond donors (Lipinski definition) is 2. The zero-order valence-corrected chi connectivity index (χ0v) is 17.4. The standard InChI is InChI=1S/C21H37NO5/c1-5-6-7-8-9-10-13-18(23)14-11-12-15-21(26)27-19(16-20(24)25)17-22(2,3)4/h5-6,8-9,18-19,23H,7,10-17H2,1-4H3/p+1/b6-5+,9-8+. The Labute approximate surface area is 164 Å². The molecule has 0 aliphatic rings. The Morgan fingerprint density at radius 3 is 2.37 bits per heavy atom. The molecule has 0 spiro atoms. The molecule has 0 bridgehead atoms. The number of hydrogen-bond acceptors (Lipinski definition) is 4. The third kappa shape index (κ3) is 17.5. The van der Waals surface area contributed by atoms with Gasteiger partial charge in [-0.2, -0.15) is 0 Å². The lowest BCUT2D eigenvalue weighted by Gasteiger charge is -2.28. The Morgan fingerprint density at radius 1 is 1.07 bits per heavy atom. The zero-order chi connectivity index (χ0) is 20.7. The number of carbonyl (C=O) groups excluding carboxylic acids is 1. The Kier molecular flexibility index (Phi) is 13.5. The number of carbonyl (C=O) groups is 2. The van der Waals surface area contributed by atoms with Crippen molar-refractivity contribution in [2.24, 2.45) is 0 Å². The Hall–Kier alpha value is -1.66. The summed E-state index contributed by atoms with van der Waals surface area (Å²) in [5, 5.41) is 18.9. The number of ether oxygens (including phenoxy) is 1. The minimum absolute atomic E-state index is 0.179. The number of aliphatic hydroxyl groups excluding tert-OH is 1. The number of carboxylic acids is 1. The van der Waals surface area contributed by atoms with Crippen molar-refractivity contribution < 1.29 is 29.0 Å². The zero-order valence-electron chi connectivity index (χ0n) is 17.4. The van der Waals surface area contributed by atoms with Crippen LogP contribution in [0.1, 0.15) is 58.3 Å². The fraction of sp³-hybridized carbons (Fsp3) is 0.714. The van der Waals surface area contributed by atoms with Crippen LogP contribution in [0, 0.1) is 0 Å². The third-order valence-corrected chi connectivity index (χ3v) is 3.96. The predicted octanol–water partition coefficient (Wildman–Crippen LogP) is 3.30. The Morgan fingerprint density at radius 2 is 1.78 bits per heavy atom. The molecule has 0 radical (unpaired) electrons. The molecule has 6 nitrogen and oxygen atoms in total. The number of esters is 1. The summed E-state index contributed by atoms with van der Waals surface area (Å²) in [6, 6.07) is 0. The van der Waals surface area contributed by atoms with Crippen molar-refractivity contribution in [2.45, 2.75) is 70.5 Å². The lowest BCUT2D eigenvalue weighted by molar-refractivity contribution is -0.873. The first kappa shape index (κ1) is 25.3. The first-order valence-electron chi connectivity index (χ1n) is 9.80. The molecule has 0 heterocycles. The summed E-state index contributed by atoms with van der Waals surface area (Å²) >= 11 is 0. The maximum absolute atomic E-state index is 12.0. The van der Waals surface area contributed by atoms with Crippen molar-refractivity contribution in [3.05, 3.63) is 24.3 Å². The van der Waals surface area contributed by atoms with Crippen LogP contribution >= 0.6 is 0 Å². The second kappa shape index (κ2) is 14.4. The molecule has 27 heavy (non-hydrogen) atoms. The lowest BCUT2D eigenvalue weighted by atomic mass is 10.1. The van der Waals surface area contributed by atoms with Crippen molar-refractivity contribution in [3.8, 4) is 0 Å². The van der Waals surface area contributed by atoms with E-state index >= 15 is 0 Å². The van der Waals surface area contributed by atoms with Crippen LogP contribution in [0.5, 0.6) is 0 Å². The molecule has 0 aliphatic heterocycles. The summed E-state index contributed by atoms with van der Waals surface area (Å²) in [5.41, 5.74) is 0. The van der Waals surface area contributed by atoms with Crippen LogP contribution in [-0.2, 0) is 14.3 Å². The highest BCUT2D eigenvalue weighted by Crippen LogP contribution is 2.12. The Balaban J connectivity index is 3.99. The highest BCUT2D eigenvalue weighted by Gasteiger charge is 2.24. The molecule has 0 saturated carbocycles. The molecule has 156 valence electrons. The van der Waals surface area contributed by atoms with Crippen LogP contribution in [0.25, 0.3) is 0 Å². The summed E-state index contributed by atoms with van der Waals surface area (Å²) in [7, 11) is 5.79. The molecular formula is C21H38NO5+. The molecule has 6 heteroatoms. The van der Waals surface area contributed by atoms with E-state index in [4.69, 9.17) is 9.84 Å². The first-order chi connectivity index (χ1) is 12.6. The van der Waals surface area contributed by atoms with Crippen molar-refractivity contribution in [3.63, 3.8) is 0 Å². The van der Waals surface area contributed by atoms with Gasteiger partial charge in [-0.15, -0.1) is 0 Å². The van der Waals surface area contributed by atoms with E-state index in [0.717, 1.165) is 25.7 Å². The summed E-state index contributed by atoms with van der Waals surface area (Å²) in [5.74, 6) is -1.33. The van der Waals surface area contributed by atoms with Crippen LogP contribution < -0.4 is 0 Å². The number of carboxylic acid groups (broad SMARTS) is 1. The molecule has 2 unspecified atom stereocenters. The van der Waals surface area contributed by atoms with Gasteiger partial charge in [-0.05, 0) is 39.0 Å². The monoisotopic (exact) mass is 384 g/mol. The molecule has 0 rings (SSSR count). The highest BCUT2D eigenvalue weighted by atomic mass is 16.5. The van der Waals surface area contributed by atoms with E-state index in [9.17, 15) is 14.7 Å². The summed E-state index contributed by atoms with van der Waals surface area (Å²) in [6.07, 6.45) is 11.9. The van der Waals surface area contributed by atoms with E-state index < -0.39 is 12.1 Å². The van der Waals surface area contributed by atoms with E-state index in [2.05, 4.69) is 18.2 Å². The van der Waals surface area contributed by atoms with Crippen molar-refractivity contribution in [1.29, 1.82) is 0 Å². The quantitative estimate of drug-likeness (QED) is 0.196. The van der Waals surface area contributed by atoms with Gasteiger partial charge in [0.15, 0.2) is 6.10 Å². The second-order valence-corrected chi connectivity index (χ2v) is 7.94. The maximum Gasteiger partial charge on any atom is 0.307 e. The average molecular weight is 385 g/mol. The molecule has 2 atom stereocenters. The minimum Gasteiger partial charge on any atom is -0.481 e. The summed E-state index contributed by atoms with van der Waals surface area (Å²) in [6.45, 7) is 2.45. The van der Waals surface area contributed by atoms with E-state index in [0.29, 0.717) is 23.9 Å². The number of quaternary nitrogens is 1. The summed E-state index contributed by atoms with van der Waals surface area (Å²) < 4.78 is 5.87.